The van der Waals surface area contributed by atoms with Crippen molar-refractivity contribution in [1.82, 2.24) is 9.97 Å². The molecule has 0 saturated heterocycles. The SMILES string of the molecule is CN(c1cc(Cl)nc(N)n1)C1CCCC1. The Labute approximate surface area is 94.5 Å². The van der Waals surface area contributed by atoms with Crippen LogP contribution in [-0.2, 0) is 0 Å². The summed E-state index contributed by atoms with van der Waals surface area (Å²) in [5.74, 6) is 1.06. The lowest BCUT2D eigenvalue weighted by molar-refractivity contribution is 0.646. The highest BCUT2D eigenvalue weighted by Crippen LogP contribution is 2.26. The lowest BCUT2D eigenvalue weighted by atomic mass is 10.2. The van der Waals surface area contributed by atoms with Gasteiger partial charge in [0, 0.05) is 19.2 Å². The van der Waals surface area contributed by atoms with Gasteiger partial charge >= 0.3 is 0 Å². The topological polar surface area (TPSA) is 55.0 Å². The van der Waals surface area contributed by atoms with Gasteiger partial charge in [0.1, 0.15) is 11.0 Å². The number of nitrogens with two attached hydrogens (primary N) is 1. The molecule has 0 spiro atoms. The highest BCUT2D eigenvalue weighted by atomic mass is 35.5. The molecule has 1 aromatic rings. The monoisotopic (exact) mass is 226 g/mol. The normalized spacial score (nSPS) is 16.9. The molecule has 0 amide bonds. The third kappa shape index (κ3) is 2.31. The van der Waals surface area contributed by atoms with Crippen molar-refractivity contribution >= 4 is 23.4 Å². The predicted molar refractivity (Wildman–Crippen MR) is 62.1 cm³/mol. The number of halogens is 1. The van der Waals surface area contributed by atoms with Crippen molar-refractivity contribution in [2.45, 2.75) is 31.7 Å². The van der Waals surface area contributed by atoms with E-state index in [1.807, 2.05) is 7.05 Å². The second-order valence-corrected chi connectivity index (χ2v) is 4.34. The summed E-state index contributed by atoms with van der Waals surface area (Å²) in [4.78, 5) is 10.2. The van der Waals surface area contributed by atoms with Gasteiger partial charge in [-0.05, 0) is 12.8 Å². The van der Waals surface area contributed by atoms with Crippen molar-refractivity contribution < 1.29 is 0 Å². The summed E-state index contributed by atoms with van der Waals surface area (Å²) < 4.78 is 0. The molecule has 0 aliphatic heterocycles. The van der Waals surface area contributed by atoms with Crippen molar-refractivity contribution in [2.75, 3.05) is 17.7 Å². The first-order valence-corrected chi connectivity index (χ1v) is 5.57. The zero-order chi connectivity index (χ0) is 10.8. The molecule has 4 nitrogen and oxygen atoms in total. The maximum atomic E-state index is 5.84. The van der Waals surface area contributed by atoms with Crippen LogP contribution in [0.25, 0.3) is 0 Å². The van der Waals surface area contributed by atoms with Crippen LogP contribution in [0.5, 0.6) is 0 Å². The van der Waals surface area contributed by atoms with Crippen LogP contribution in [0.2, 0.25) is 5.15 Å². The molecular formula is C10H15ClN4. The summed E-state index contributed by atoms with van der Waals surface area (Å²) >= 11 is 5.84. The summed E-state index contributed by atoms with van der Waals surface area (Å²) in [5, 5.41) is 0.405. The molecule has 5 heteroatoms. The van der Waals surface area contributed by atoms with E-state index in [2.05, 4.69) is 14.9 Å². The molecule has 0 unspecified atom stereocenters. The van der Waals surface area contributed by atoms with E-state index in [-0.39, 0.29) is 5.95 Å². The molecule has 2 rings (SSSR count). The second kappa shape index (κ2) is 4.23. The number of nitrogens with zero attached hydrogens (tertiary/aromatic N) is 3. The number of rotatable bonds is 2. The molecule has 1 heterocycles. The van der Waals surface area contributed by atoms with Gasteiger partial charge in [-0.1, -0.05) is 24.4 Å². The van der Waals surface area contributed by atoms with Crippen LogP contribution in [0.1, 0.15) is 25.7 Å². The van der Waals surface area contributed by atoms with Crippen LogP contribution in [0.15, 0.2) is 6.07 Å². The van der Waals surface area contributed by atoms with Crippen LogP contribution < -0.4 is 10.6 Å². The lowest BCUT2D eigenvalue weighted by Crippen LogP contribution is -2.29. The zero-order valence-corrected chi connectivity index (χ0v) is 9.54. The van der Waals surface area contributed by atoms with E-state index in [0.29, 0.717) is 11.2 Å². The Hall–Kier alpha value is -1.03. The van der Waals surface area contributed by atoms with Gasteiger partial charge in [0.05, 0.1) is 0 Å². The Bertz CT molecular complexity index is 329. The average molecular weight is 227 g/mol. The quantitative estimate of drug-likeness (QED) is 0.785. The molecule has 0 atom stereocenters. The molecule has 1 aliphatic rings. The van der Waals surface area contributed by atoms with Crippen LogP contribution in [-0.4, -0.2) is 23.1 Å². The smallest absolute Gasteiger partial charge is 0.223 e. The highest BCUT2D eigenvalue weighted by Gasteiger charge is 2.21. The van der Waals surface area contributed by atoms with Gasteiger partial charge in [0.15, 0.2) is 0 Å². The standard InChI is InChI=1S/C10H15ClN4/c1-15(7-4-2-3-5-7)9-6-8(11)13-10(12)14-9/h6-7H,2-5H2,1H3,(H2,12,13,14). The minimum Gasteiger partial charge on any atom is -0.368 e. The fraction of sp³-hybridized carbons (Fsp3) is 0.600. The Morgan fingerprint density at radius 1 is 1.40 bits per heavy atom. The van der Waals surface area contributed by atoms with E-state index in [0.717, 1.165) is 5.82 Å². The molecule has 0 radical (unpaired) electrons. The molecule has 0 bridgehead atoms. The van der Waals surface area contributed by atoms with Gasteiger partial charge in [-0.15, -0.1) is 0 Å². The second-order valence-electron chi connectivity index (χ2n) is 3.96. The van der Waals surface area contributed by atoms with Crippen LogP contribution >= 0.6 is 11.6 Å². The van der Waals surface area contributed by atoms with E-state index in [4.69, 9.17) is 17.3 Å². The maximum Gasteiger partial charge on any atom is 0.223 e. The highest BCUT2D eigenvalue weighted by molar-refractivity contribution is 6.29. The summed E-state index contributed by atoms with van der Waals surface area (Å²) in [6.45, 7) is 0. The first-order chi connectivity index (χ1) is 7.16. The van der Waals surface area contributed by atoms with Crippen LogP contribution in [0.3, 0.4) is 0 Å². The van der Waals surface area contributed by atoms with Gasteiger partial charge in [-0.25, -0.2) is 4.98 Å². The molecule has 1 fully saturated rings. The largest absolute Gasteiger partial charge is 0.368 e. The van der Waals surface area contributed by atoms with E-state index >= 15 is 0 Å². The summed E-state index contributed by atoms with van der Waals surface area (Å²) in [6, 6.07) is 2.33. The summed E-state index contributed by atoms with van der Waals surface area (Å²) in [7, 11) is 2.04. The Morgan fingerprint density at radius 2 is 2.07 bits per heavy atom. The minimum atomic E-state index is 0.238. The van der Waals surface area contributed by atoms with Gasteiger partial charge < -0.3 is 10.6 Å². The third-order valence-electron chi connectivity index (χ3n) is 2.93. The average Bonchev–Trinajstić information content (AvgIpc) is 2.67. The zero-order valence-electron chi connectivity index (χ0n) is 8.78. The van der Waals surface area contributed by atoms with Gasteiger partial charge in [0.2, 0.25) is 5.95 Å². The van der Waals surface area contributed by atoms with Gasteiger partial charge in [-0.2, -0.15) is 4.98 Å². The maximum absolute atomic E-state index is 5.84. The van der Waals surface area contributed by atoms with Gasteiger partial charge in [0.25, 0.3) is 0 Å². The summed E-state index contributed by atoms with van der Waals surface area (Å²) in [6.07, 6.45) is 5.03. The molecular weight excluding hydrogens is 212 g/mol. The van der Waals surface area contributed by atoms with E-state index < -0.39 is 0 Å². The van der Waals surface area contributed by atoms with Crippen molar-refractivity contribution in [3.8, 4) is 0 Å². The molecule has 15 heavy (non-hydrogen) atoms. The molecule has 82 valence electrons. The number of hydrogen-bond acceptors (Lipinski definition) is 4. The summed E-state index contributed by atoms with van der Waals surface area (Å²) in [5.41, 5.74) is 5.56. The fourth-order valence-electron chi connectivity index (χ4n) is 2.08. The van der Waals surface area contributed by atoms with Crippen molar-refractivity contribution in [3.63, 3.8) is 0 Å². The molecule has 1 saturated carbocycles. The van der Waals surface area contributed by atoms with Crippen molar-refractivity contribution in [1.29, 1.82) is 0 Å². The van der Waals surface area contributed by atoms with Gasteiger partial charge in [-0.3, -0.25) is 0 Å². The van der Waals surface area contributed by atoms with Crippen molar-refractivity contribution in [3.05, 3.63) is 11.2 Å². The van der Waals surface area contributed by atoms with E-state index in [1.165, 1.54) is 25.7 Å². The number of hydrogen-bond donors (Lipinski definition) is 1. The third-order valence-corrected chi connectivity index (χ3v) is 3.13. The Kier molecular flexibility index (Phi) is 2.95. The number of nitrogen functional groups attached to an aromatic ring is 1. The Balaban J connectivity index is 2.20. The van der Waals surface area contributed by atoms with E-state index in [1.54, 1.807) is 6.07 Å². The first kappa shape index (κ1) is 10.5. The van der Waals surface area contributed by atoms with Crippen LogP contribution in [0, 0.1) is 0 Å². The number of aromatic nitrogens is 2. The molecule has 1 aromatic heterocycles. The fourth-order valence-corrected chi connectivity index (χ4v) is 2.27. The van der Waals surface area contributed by atoms with E-state index in [9.17, 15) is 0 Å². The predicted octanol–water partition coefficient (Wildman–Crippen LogP) is 2.09. The van der Waals surface area contributed by atoms with Crippen LogP contribution in [0.4, 0.5) is 11.8 Å². The number of anilines is 2. The Morgan fingerprint density at radius 3 is 2.67 bits per heavy atom. The minimum absolute atomic E-state index is 0.238. The molecule has 1 aliphatic carbocycles. The molecule has 0 aromatic carbocycles. The first-order valence-electron chi connectivity index (χ1n) is 5.19. The van der Waals surface area contributed by atoms with Crippen molar-refractivity contribution in [2.24, 2.45) is 0 Å². The lowest BCUT2D eigenvalue weighted by Gasteiger charge is -2.25. The molecule has 2 N–H and O–H groups in total.